The topological polar surface area (TPSA) is 71.0 Å². The van der Waals surface area contributed by atoms with Gasteiger partial charge in [-0.2, -0.15) is 13.2 Å². The third-order valence-electron chi connectivity index (χ3n) is 4.68. The standard InChI is InChI=1S/C20H32F3N5O2.HI/c1-15(2)10-17(28-6-8-29-9-7-28)13-27-19(24-3)26-12-16-4-5-18(25-11-16)30-14-20(21,22)23;/h4-5,11,15,17H,6-10,12-14H2,1-3H3,(H2,24,26,27);1H. The van der Waals surface area contributed by atoms with Crippen molar-refractivity contribution >= 4 is 29.9 Å². The molecule has 1 aromatic rings. The average Bonchev–Trinajstić information content (AvgIpc) is 2.72. The molecule has 1 atom stereocenters. The zero-order valence-corrected chi connectivity index (χ0v) is 20.6. The fourth-order valence-corrected chi connectivity index (χ4v) is 3.23. The van der Waals surface area contributed by atoms with E-state index >= 15 is 0 Å². The summed E-state index contributed by atoms with van der Waals surface area (Å²) in [5, 5.41) is 6.58. The number of halogens is 4. The average molecular weight is 559 g/mol. The van der Waals surface area contributed by atoms with E-state index < -0.39 is 12.8 Å². The zero-order chi connectivity index (χ0) is 22.0. The van der Waals surface area contributed by atoms with E-state index in [1.807, 2.05) is 0 Å². The van der Waals surface area contributed by atoms with Crippen LogP contribution in [0.4, 0.5) is 13.2 Å². The smallest absolute Gasteiger partial charge is 0.422 e. The number of ether oxygens (including phenoxy) is 2. The van der Waals surface area contributed by atoms with Crippen LogP contribution in [0, 0.1) is 5.92 Å². The van der Waals surface area contributed by atoms with Crippen LogP contribution in [-0.2, 0) is 11.3 Å². The summed E-state index contributed by atoms with van der Waals surface area (Å²) in [5.41, 5.74) is 0.809. The molecule has 1 aromatic heterocycles. The third-order valence-corrected chi connectivity index (χ3v) is 4.68. The first-order chi connectivity index (χ1) is 14.3. The number of hydrogen-bond donors (Lipinski definition) is 2. The van der Waals surface area contributed by atoms with Gasteiger partial charge in [-0.1, -0.05) is 19.9 Å². The van der Waals surface area contributed by atoms with E-state index in [1.165, 1.54) is 12.3 Å². The van der Waals surface area contributed by atoms with Crippen molar-refractivity contribution in [3.8, 4) is 5.88 Å². The van der Waals surface area contributed by atoms with Gasteiger partial charge in [-0.15, -0.1) is 24.0 Å². The monoisotopic (exact) mass is 559 g/mol. The fraction of sp³-hybridized carbons (Fsp3) is 0.700. The highest BCUT2D eigenvalue weighted by Crippen LogP contribution is 2.17. The lowest BCUT2D eigenvalue weighted by Crippen LogP contribution is -2.50. The predicted octanol–water partition coefficient (Wildman–Crippen LogP) is 3.05. The quantitative estimate of drug-likeness (QED) is 0.276. The number of rotatable bonds is 9. The van der Waals surface area contributed by atoms with E-state index in [9.17, 15) is 13.2 Å². The molecule has 0 amide bonds. The molecule has 2 heterocycles. The second-order valence-electron chi connectivity index (χ2n) is 7.65. The van der Waals surface area contributed by atoms with Gasteiger partial charge in [0.2, 0.25) is 5.88 Å². The first-order valence-corrected chi connectivity index (χ1v) is 10.2. The lowest BCUT2D eigenvalue weighted by molar-refractivity contribution is -0.154. The molecule has 1 saturated heterocycles. The predicted molar refractivity (Wildman–Crippen MR) is 125 cm³/mol. The van der Waals surface area contributed by atoms with Crippen LogP contribution < -0.4 is 15.4 Å². The van der Waals surface area contributed by atoms with Gasteiger partial charge in [-0.3, -0.25) is 9.89 Å². The van der Waals surface area contributed by atoms with Crippen LogP contribution in [0.3, 0.4) is 0 Å². The highest BCUT2D eigenvalue weighted by Gasteiger charge is 2.28. The fourth-order valence-electron chi connectivity index (χ4n) is 3.23. The minimum Gasteiger partial charge on any atom is -0.468 e. The van der Waals surface area contributed by atoms with E-state index in [2.05, 4.69) is 44.1 Å². The van der Waals surface area contributed by atoms with Crippen molar-refractivity contribution in [1.82, 2.24) is 20.5 Å². The molecule has 2 rings (SSSR count). The van der Waals surface area contributed by atoms with E-state index in [1.54, 1.807) is 13.1 Å². The Morgan fingerprint density at radius 2 is 1.97 bits per heavy atom. The van der Waals surface area contributed by atoms with Crippen molar-refractivity contribution in [1.29, 1.82) is 0 Å². The maximum absolute atomic E-state index is 12.2. The van der Waals surface area contributed by atoms with E-state index in [0.717, 1.165) is 44.8 Å². The second-order valence-corrected chi connectivity index (χ2v) is 7.65. The Morgan fingerprint density at radius 1 is 1.26 bits per heavy atom. The van der Waals surface area contributed by atoms with Crippen LogP contribution in [0.1, 0.15) is 25.8 Å². The molecule has 11 heteroatoms. The highest BCUT2D eigenvalue weighted by atomic mass is 127. The molecule has 1 fully saturated rings. The molecule has 31 heavy (non-hydrogen) atoms. The Hall–Kier alpha value is -1.34. The van der Waals surface area contributed by atoms with E-state index in [0.29, 0.717) is 24.5 Å². The van der Waals surface area contributed by atoms with Crippen molar-refractivity contribution in [3.05, 3.63) is 23.9 Å². The molecule has 178 valence electrons. The van der Waals surface area contributed by atoms with Gasteiger partial charge >= 0.3 is 6.18 Å². The Balaban J connectivity index is 0.00000480. The van der Waals surface area contributed by atoms with Crippen molar-refractivity contribution in [2.75, 3.05) is 46.5 Å². The molecule has 1 aliphatic rings. The SMILES string of the molecule is CN=C(NCc1ccc(OCC(F)(F)F)nc1)NCC(CC(C)C)N1CCOCC1.I. The number of nitrogens with zero attached hydrogens (tertiary/aromatic N) is 3. The Labute approximate surface area is 199 Å². The number of alkyl halides is 3. The number of hydrogen-bond acceptors (Lipinski definition) is 5. The summed E-state index contributed by atoms with van der Waals surface area (Å²) in [4.78, 5) is 10.6. The van der Waals surface area contributed by atoms with Crippen LogP contribution >= 0.6 is 24.0 Å². The van der Waals surface area contributed by atoms with Crippen LogP contribution in [-0.4, -0.2) is 74.6 Å². The van der Waals surface area contributed by atoms with Crippen molar-refractivity contribution < 1.29 is 22.6 Å². The summed E-state index contributed by atoms with van der Waals surface area (Å²) < 4.78 is 46.7. The van der Waals surface area contributed by atoms with E-state index in [4.69, 9.17) is 4.74 Å². The van der Waals surface area contributed by atoms with E-state index in [-0.39, 0.29) is 29.9 Å². The molecule has 1 unspecified atom stereocenters. The first kappa shape index (κ1) is 27.7. The molecular weight excluding hydrogens is 526 g/mol. The van der Waals surface area contributed by atoms with Gasteiger partial charge in [-0.05, 0) is 17.9 Å². The van der Waals surface area contributed by atoms with Gasteiger partial charge < -0.3 is 20.1 Å². The summed E-state index contributed by atoms with van der Waals surface area (Å²) in [5.74, 6) is 1.19. The van der Waals surface area contributed by atoms with Gasteiger partial charge in [0.1, 0.15) is 0 Å². The minimum atomic E-state index is -4.38. The molecule has 0 aliphatic carbocycles. The molecule has 1 aliphatic heterocycles. The van der Waals surface area contributed by atoms with Gasteiger partial charge in [0.25, 0.3) is 0 Å². The maximum atomic E-state index is 12.2. The molecule has 0 aromatic carbocycles. The lowest BCUT2D eigenvalue weighted by atomic mass is 10.0. The molecule has 2 N–H and O–H groups in total. The molecule has 0 saturated carbocycles. The number of morpholine rings is 1. The summed E-state index contributed by atoms with van der Waals surface area (Å²) in [7, 11) is 1.70. The van der Waals surface area contributed by atoms with Crippen LogP contribution in [0.5, 0.6) is 5.88 Å². The number of guanidine groups is 1. The van der Waals surface area contributed by atoms with Gasteiger partial charge in [0.15, 0.2) is 12.6 Å². The van der Waals surface area contributed by atoms with Crippen molar-refractivity contribution in [2.24, 2.45) is 10.9 Å². The number of nitrogens with one attached hydrogen (secondary N) is 2. The van der Waals surface area contributed by atoms with Crippen LogP contribution in [0.25, 0.3) is 0 Å². The summed E-state index contributed by atoms with van der Waals surface area (Å²) >= 11 is 0. The van der Waals surface area contributed by atoms with Crippen LogP contribution in [0.2, 0.25) is 0 Å². The Bertz CT molecular complexity index is 653. The maximum Gasteiger partial charge on any atom is 0.422 e. The van der Waals surface area contributed by atoms with Gasteiger partial charge in [-0.25, -0.2) is 4.98 Å². The summed E-state index contributed by atoms with van der Waals surface area (Å²) in [6.45, 7) is 7.67. The summed E-state index contributed by atoms with van der Waals surface area (Å²) in [6, 6.07) is 3.49. The Morgan fingerprint density at radius 3 is 2.52 bits per heavy atom. The highest BCUT2D eigenvalue weighted by molar-refractivity contribution is 14.0. The van der Waals surface area contributed by atoms with Gasteiger partial charge in [0.05, 0.1) is 13.2 Å². The molecule has 0 bridgehead atoms. The second kappa shape index (κ2) is 13.9. The minimum absolute atomic E-state index is 0. The third kappa shape index (κ3) is 11.2. The zero-order valence-electron chi connectivity index (χ0n) is 18.2. The molecule has 7 nitrogen and oxygen atoms in total. The first-order valence-electron chi connectivity index (χ1n) is 10.2. The molecular formula is C20H33F3IN5O2. The number of pyridine rings is 1. The van der Waals surface area contributed by atoms with Crippen molar-refractivity contribution in [3.63, 3.8) is 0 Å². The number of aliphatic imine (C=N–C) groups is 1. The van der Waals surface area contributed by atoms with Crippen LogP contribution in [0.15, 0.2) is 23.3 Å². The molecule has 0 spiro atoms. The van der Waals surface area contributed by atoms with Gasteiger partial charge in [0, 0.05) is 51.5 Å². The lowest BCUT2D eigenvalue weighted by Gasteiger charge is -2.35. The number of aromatic nitrogens is 1. The largest absolute Gasteiger partial charge is 0.468 e. The molecule has 0 radical (unpaired) electrons. The van der Waals surface area contributed by atoms with Crippen molar-refractivity contribution in [2.45, 2.75) is 39.0 Å². The normalized spacial score (nSPS) is 16.5. The summed E-state index contributed by atoms with van der Waals surface area (Å²) in [6.07, 6.45) is -1.82. The Kier molecular flexibility index (Phi) is 12.5.